The van der Waals surface area contributed by atoms with Crippen LogP contribution in [0.4, 0.5) is 0 Å². The van der Waals surface area contributed by atoms with Crippen molar-refractivity contribution < 1.29 is 23.7 Å². The zero-order valence-corrected chi connectivity index (χ0v) is 14.1. The minimum atomic E-state index is -1.51. The summed E-state index contributed by atoms with van der Waals surface area (Å²) >= 11 is 0. The highest BCUT2D eigenvalue weighted by molar-refractivity contribution is 6.81. The molecule has 2 unspecified atom stereocenters. The second kappa shape index (κ2) is 4.13. The summed E-state index contributed by atoms with van der Waals surface area (Å²) in [6.45, 7) is 10.4. The number of methoxy groups -OCH3 is 1. The van der Waals surface area contributed by atoms with Gasteiger partial charge in [0.2, 0.25) is 0 Å². The molecule has 1 aliphatic carbocycles. The Bertz CT molecular complexity index is 443. The number of fused-ring (bicyclic) bond motifs is 2. The first-order valence-corrected chi connectivity index (χ1v) is 10.8. The van der Waals surface area contributed by atoms with Gasteiger partial charge in [0, 0.05) is 12.7 Å². The summed E-state index contributed by atoms with van der Waals surface area (Å²) in [5.41, 5.74) is -0.699. The fourth-order valence-electron chi connectivity index (χ4n) is 3.59. The van der Waals surface area contributed by atoms with Crippen molar-refractivity contribution in [3.8, 4) is 0 Å². The standard InChI is InChI=1S/C14H24O5Si/c1-13(2)17-9-11(18-13)14(19-12(9)16-3)7-8(10(14)15)20(4,5)6/h8-9,11-12H,7H2,1-6H3/t8?,9-,11?,12+,14-/m0/s1. The summed E-state index contributed by atoms with van der Waals surface area (Å²) in [5, 5.41) is 0. The third kappa shape index (κ3) is 1.85. The molecule has 2 saturated heterocycles. The molecule has 1 saturated carbocycles. The quantitative estimate of drug-likeness (QED) is 0.729. The predicted molar refractivity (Wildman–Crippen MR) is 75.2 cm³/mol. The molecule has 0 aromatic carbocycles. The number of rotatable bonds is 2. The third-order valence-corrected chi connectivity index (χ3v) is 7.26. The first-order valence-electron chi connectivity index (χ1n) is 7.21. The van der Waals surface area contributed by atoms with Crippen molar-refractivity contribution in [2.24, 2.45) is 0 Å². The van der Waals surface area contributed by atoms with Crippen molar-refractivity contribution in [2.75, 3.05) is 7.11 Å². The molecule has 0 radical (unpaired) electrons. The Morgan fingerprint density at radius 1 is 1.20 bits per heavy atom. The highest BCUT2D eigenvalue weighted by atomic mass is 28.3. The smallest absolute Gasteiger partial charge is 0.187 e. The maximum Gasteiger partial charge on any atom is 0.187 e. The number of carbonyl (C=O) groups is 1. The van der Waals surface area contributed by atoms with Crippen LogP contribution in [0.5, 0.6) is 0 Å². The van der Waals surface area contributed by atoms with Crippen LogP contribution in [0.2, 0.25) is 25.2 Å². The molecule has 0 aromatic heterocycles. The molecule has 2 heterocycles. The monoisotopic (exact) mass is 300 g/mol. The summed E-state index contributed by atoms with van der Waals surface area (Å²) < 4.78 is 23.1. The molecule has 5 atom stereocenters. The number of hydrogen-bond donors (Lipinski definition) is 0. The molecular formula is C14H24O5Si. The van der Waals surface area contributed by atoms with Crippen LogP contribution in [0, 0.1) is 0 Å². The van der Waals surface area contributed by atoms with E-state index in [1.165, 1.54) is 0 Å². The lowest BCUT2D eigenvalue weighted by molar-refractivity contribution is -0.254. The number of Topliss-reactive ketones (excluding diaryl/α,β-unsaturated/α-hetero) is 1. The molecule has 2 aliphatic heterocycles. The Morgan fingerprint density at radius 2 is 1.85 bits per heavy atom. The van der Waals surface area contributed by atoms with E-state index < -0.39 is 25.8 Å². The molecule has 5 nitrogen and oxygen atoms in total. The SMILES string of the molecule is CO[C@@H]1O[C@]2(CC([Si](C)(C)C)C2=O)C2OC(C)(C)O[C@@H]21. The Morgan fingerprint density at radius 3 is 2.35 bits per heavy atom. The number of ether oxygens (including phenoxy) is 4. The Balaban J connectivity index is 1.87. The fourth-order valence-corrected chi connectivity index (χ4v) is 5.54. The molecular weight excluding hydrogens is 276 g/mol. The second-order valence-electron chi connectivity index (χ2n) is 7.62. The number of ketones is 1. The van der Waals surface area contributed by atoms with Gasteiger partial charge in [0.05, 0.1) is 8.07 Å². The molecule has 20 heavy (non-hydrogen) atoms. The van der Waals surface area contributed by atoms with Gasteiger partial charge in [-0.25, -0.2) is 0 Å². The molecule has 1 spiro atoms. The first-order chi connectivity index (χ1) is 9.11. The lowest BCUT2D eigenvalue weighted by atomic mass is 9.73. The molecule has 0 aromatic rings. The lowest BCUT2D eigenvalue weighted by Crippen LogP contribution is -2.64. The highest BCUT2D eigenvalue weighted by Crippen LogP contribution is 2.57. The van der Waals surface area contributed by atoms with Gasteiger partial charge in [0.25, 0.3) is 0 Å². The molecule has 6 heteroatoms. The number of carbonyl (C=O) groups excluding carboxylic acids is 1. The lowest BCUT2D eigenvalue weighted by Gasteiger charge is -2.49. The molecule has 0 amide bonds. The van der Waals surface area contributed by atoms with Gasteiger partial charge in [0.1, 0.15) is 12.2 Å². The highest BCUT2D eigenvalue weighted by Gasteiger charge is 2.73. The van der Waals surface area contributed by atoms with E-state index in [-0.39, 0.29) is 23.5 Å². The van der Waals surface area contributed by atoms with Gasteiger partial charge in [-0.15, -0.1) is 0 Å². The minimum absolute atomic E-state index is 0.145. The average molecular weight is 300 g/mol. The summed E-state index contributed by atoms with van der Waals surface area (Å²) in [5.74, 6) is -0.500. The van der Waals surface area contributed by atoms with Crippen molar-refractivity contribution in [1.29, 1.82) is 0 Å². The van der Waals surface area contributed by atoms with E-state index in [9.17, 15) is 4.79 Å². The van der Waals surface area contributed by atoms with E-state index in [2.05, 4.69) is 19.6 Å². The molecule has 3 fully saturated rings. The van der Waals surface area contributed by atoms with Crippen molar-refractivity contribution in [2.45, 2.75) is 75.3 Å². The van der Waals surface area contributed by atoms with E-state index in [1.54, 1.807) is 7.11 Å². The summed E-state index contributed by atoms with van der Waals surface area (Å²) in [6.07, 6.45) is -0.445. The van der Waals surface area contributed by atoms with Crippen molar-refractivity contribution in [3.63, 3.8) is 0 Å². The molecule has 3 aliphatic rings. The zero-order chi connectivity index (χ0) is 14.9. The van der Waals surface area contributed by atoms with Crippen LogP contribution in [-0.2, 0) is 23.7 Å². The van der Waals surface area contributed by atoms with Gasteiger partial charge >= 0.3 is 0 Å². The molecule has 3 rings (SSSR count). The van der Waals surface area contributed by atoms with Crippen LogP contribution in [0.3, 0.4) is 0 Å². The van der Waals surface area contributed by atoms with Crippen molar-refractivity contribution in [1.82, 2.24) is 0 Å². The fraction of sp³-hybridized carbons (Fsp3) is 0.929. The van der Waals surface area contributed by atoms with Gasteiger partial charge in [0.15, 0.2) is 23.5 Å². The van der Waals surface area contributed by atoms with Crippen LogP contribution in [0.25, 0.3) is 0 Å². The second-order valence-corrected chi connectivity index (χ2v) is 13.0. The van der Waals surface area contributed by atoms with E-state index in [1.807, 2.05) is 13.8 Å². The van der Waals surface area contributed by atoms with Crippen LogP contribution in [0.15, 0.2) is 0 Å². The maximum atomic E-state index is 12.8. The largest absolute Gasteiger partial charge is 0.353 e. The maximum absolute atomic E-state index is 12.8. The summed E-state index contributed by atoms with van der Waals surface area (Å²) in [7, 11) is 0.0689. The van der Waals surface area contributed by atoms with E-state index in [0.29, 0.717) is 0 Å². The van der Waals surface area contributed by atoms with Crippen LogP contribution < -0.4 is 0 Å². The molecule has 0 bridgehead atoms. The van der Waals surface area contributed by atoms with Gasteiger partial charge < -0.3 is 18.9 Å². The van der Waals surface area contributed by atoms with E-state index in [4.69, 9.17) is 18.9 Å². The van der Waals surface area contributed by atoms with Gasteiger partial charge in [-0.05, 0) is 20.3 Å². The predicted octanol–water partition coefficient (Wildman–Crippen LogP) is 1.93. The topological polar surface area (TPSA) is 54.0 Å². The average Bonchev–Trinajstić information content (AvgIpc) is 2.76. The zero-order valence-electron chi connectivity index (χ0n) is 13.1. The molecule has 0 N–H and O–H groups in total. The summed E-state index contributed by atoms with van der Waals surface area (Å²) in [4.78, 5) is 12.8. The van der Waals surface area contributed by atoms with Crippen molar-refractivity contribution >= 4 is 13.9 Å². The van der Waals surface area contributed by atoms with Gasteiger partial charge in [-0.3, -0.25) is 4.79 Å². The summed E-state index contributed by atoms with van der Waals surface area (Å²) in [6, 6.07) is 0. The normalized spacial score (nSPS) is 46.6. The number of hydrogen-bond acceptors (Lipinski definition) is 5. The van der Waals surface area contributed by atoms with Gasteiger partial charge in [-0.2, -0.15) is 0 Å². The van der Waals surface area contributed by atoms with Crippen LogP contribution in [-0.4, -0.2) is 50.9 Å². The minimum Gasteiger partial charge on any atom is -0.353 e. The Labute approximate surface area is 120 Å². The van der Waals surface area contributed by atoms with Gasteiger partial charge in [-0.1, -0.05) is 19.6 Å². The first kappa shape index (κ1) is 14.7. The molecule has 114 valence electrons. The van der Waals surface area contributed by atoms with E-state index >= 15 is 0 Å². The van der Waals surface area contributed by atoms with Crippen LogP contribution >= 0.6 is 0 Å². The van der Waals surface area contributed by atoms with Crippen LogP contribution in [0.1, 0.15) is 20.3 Å². The van der Waals surface area contributed by atoms with Crippen molar-refractivity contribution in [3.05, 3.63) is 0 Å². The Hall–Kier alpha value is -0.273. The van der Waals surface area contributed by atoms with E-state index in [0.717, 1.165) is 6.42 Å². The third-order valence-electron chi connectivity index (χ3n) is 4.70. The Kier molecular flexibility index (Phi) is 3.03.